The largest absolute Gasteiger partial charge is 0.350 e. The van der Waals surface area contributed by atoms with E-state index in [0.717, 1.165) is 55.9 Å². The molecule has 0 saturated heterocycles. The Kier molecular flexibility index (Phi) is 7.17. The molecule has 1 heterocycles. The minimum absolute atomic E-state index is 0.0102. The second kappa shape index (κ2) is 10.4. The minimum Gasteiger partial charge on any atom is -0.350 e. The lowest BCUT2D eigenvalue weighted by Gasteiger charge is -2.33. The molecule has 4 nitrogen and oxygen atoms in total. The van der Waals surface area contributed by atoms with Gasteiger partial charge in [0.25, 0.3) is 0 Å². The fourth-order valence-electron chi connectivity index (χ4n) is 4.91. The molecule has 0 aromatic heterocycles. The molecule has 1 aliphatic heterocycles. The summed E-state index contributed by atoms with van der Waals surface area (Å²) in [5.41, 5.74) is 4.46. The molecule has 0 bridgehead atoms. The Labute approximate surface area is 185 Å². The van der Waals surface area contributed by atoms with Gasteiger partial charge in [-0.25, -0.2) is 0 Å². The van der Waals surface area contributed by atoms with Gasteiger partial charge < -0.3 is 5.32 Å². The van der Waals surface area contributed by atoms with Crippen LogP contribution in [0.2, 0.25) is 0 Å². The molecule has 2 aromatic carbocycles. The molecule has 160 valence electrons. The summed E-state index contributed by atoms with van der Waals surface area (Å²) in [4.78, 5) is 14.8. The molecule has 0 atom stereocenters. The van der Waals surface area contributed by atoms with Crippen molar-refractivity contribution >= 4 is 12.0 Å². The second-order valence-electron chi connectivity index (χ2n) is 8.84. The predicted octanol–water partition coefficient (Wildman–Crippen LogP) is 4.69. The fourth-order valence-corrected chi connectivity index (χ4v) is 4.91. The van der Waals surface area contributed by atoms with Crippen LogP contribution in [0.4, 0.5) is 0 Å². The van der Waals surface area contributed by atoms with Crippen LogP contribution in [-0.2, 0) is 17.8 Å². The highest BCUT2D eigenvalue weighted by Gasteiger charge is 2.24. The molecule has 4 heteroatoms. The van der Waals surface area contributed by atoms with Gasteiger partial charge in [-0.05, 0) is 79.8 Å². The number of benzene rings is 2. The van der Waals surface area contributed by atoms with Crippen molar-refractivity contribution in [2.75, 3.05) is 13.1 Å². The first-order valence-corrected chi connectivity index (χ1v) is 11.5. The minimum atomic E-state index is 0.0102. The molecule has 0 unspecified atom stereocenters. The average Bonchev–Trinajstić information content (AvgIpc) is 2.82. The van der Waals surface area contributed by atoms with Gasteiger partial charge in [-0.15, -0.1) is 0 Å². The van der Waals surface area contributed by atoms with Gasteiger partial charge in [0.1, 0.15) is 0 Å². The molecule has 1 aliphatic carbocycles. The van der Waals surface area contributed by atoms with Crippen molar-refractivity contribution in [1.29, 1.82) is 5.26 Å². The van der Waals surface area contributed by atoms with Crippen LogP contribution in [0.1, 0.15) is 54.4 Å². The van der Waals surface area contributed by atoms with Gasteiger partial charge in [-0.2, -0.15) is 5.26 Å². The Morgan fingerprint density at radius 2 is 1.90 bits per heavy atom. The summed E-state index contributed by atoms with van der Waals surface area (Å²) < 4.78 is 0. The Morgan fingerprint density at radius 3 is 2.68 bits per heavy atom. The molecule has 31 heavy (non-hydrogen) atoms. The molecular formula is C27H31N3O. The Bertz CT molecular complexity index is 952. The number of nitrogens with one attached hydrogen (secondary N) is 1. The third-order valence-electron chi connectivity index (χ3n) is 6.74. The Balaban J connectivity index is 1.17. The van der Waals surface area contributed by atoms with Crippen molar-refractivity contribution < 1.29 is 4.79 Å². The van der Waals surface area contributed by atoms with Crippen LogP contribution in [0.25, 0.3) is 6.08 Å². The van der Waals surface area contributed by atoms with E-state index in [9.17, 15) is 10.1 Å². The van der Waals surface area contributed by atoms with E-state index in [1.807, 2.05) is 48.5 Å². The van der Waals surface area contributed by atoms with E-state index in [0.29, 0.717) is 6.04 Å². The number of hydrogen-bond donors (Lipinski definition) is 1. The molecule has 1 N–H and O–H groups in total. The molecule has 2 aromatic rings. The van der Waals surface area contributed by atoms with Gasteiger partial charge in [0, 0.05) is 25.2 Å². The van der Waals surface area contributed by atoms with Crippen LogP contribution < -0.4 is 5.32 Å². The maximum atomic E-state index is 12.2. The third kappa shape index (κ3) is 5.83. The van der Waals surface area contributed by atoms with E-state index in [1.165, 1.54) is 30.4 Å². The Morgan fingerprint density at radius 1 is 1.10 bits per heavy atom. The first kappa shape index (κ1) is 21.3. The number of carbonyl (C=O) groups is 1. The number of rotatable bonds is 6. The lowest BCUT2D eigenvalue weighted by atomic mass is 9.84. The molecule has 1 saturated carbocycles. The van der Waals surface area contributed by atoms with Crippen LogP contribution >= 0.6 is 0 Å². The monoisotopic (exact) mass is 413 g/mol. The van der Waals surface area contributed by atoms with Crippen molar-refractivity contribution in [3.05, 3.63) is 76.9 Å². The first-order valence-electron chi connectivity index (χ1n) is 11.5. The van der Waals surface area contributed by atoms with Crippen LogP contribution in [0.5, 0.6) is 0 Å². The number of amides is 1. The summed E-state index contributed by atoms with van der Waals surface area (Å²) in [6.07, 6.45) is 10.3. The quantitative estimate of drug-likeness (QED) is 0.699. The summed E-state index contributed by atoms with van der Waals surface area (Å²) in [5.74, 6) is 0.760. The smallest absolute Gasteiger partial charge is 0.244 e. The van der Waals surface area contributed by atoms with Gasteiger partial charge in [-0.1, -0.05) is 42.5 Å². The van der Waals surface area contributed by atoms with E-state index < -0.39 is 0 Å². The van der Waals surface area contributed by atoms with Gasteiger partial charge >= 0.3 is 0 Å². The van der Waals surface area contributed by atoms with Gasteiger partial charge in [0.15, 0.2) is 0 Å². The summed E-state index contributed by atoms with van der Waals surface area (Å²) in [6.45, 7) is 3.13. The molecule has 4 rings (SSSR count). The lowest BCUT2D eigenvalue weighted by molar-refractivity contribution is -0.117. The van der Waals surface area contributed by atoms with Crippen molar-refractivity contribution in [2.24, 2.45) is 5.92 Å². The summed E-state index contributed by atoms with van der Waals surface area (Å²) >= 11 is 0. The average molecular weight is 414 g/mol. The SMILES string of the molecule is N#Cc1cccc2c1CCN(CCC1CCC(NC(=O)/C=C/c3ccccc3)CC1)C2. The van der Waals surface area contributed by atoms with Crippen LogP contribution in [0, 0.1) is 17.2 Å². The molecule has 1 fully saturated rings. The van der Waals surface area contributed by atoms with Crippen LogP contribution in [0.15, 0.2) is 54.6 Å². The lowest BCUT2D eigenvalue weighted by Crippen LogP contribution is -2.37. The third-order valence-corrected chi connectivity index (χ3v) is 6.74. The van der Waals surface area contributed by atoms with Crippen molar-refractivity contribution in [2.45, 2.75) is 51.1 Å². The van der Waals surface area contributed by atoms with E-state index in [-0.39, 0.29) is 5.91 Å². The van der Waals surface area contributed by atoms with Crippen LogP contribution in [-0.4, -0.2) is 29.9 Å². The Hall–Kier alpha value is -2.90. The van der Waals surface area contributed by atoms with Crippen molar-refractivity contribution in [3.8, 4) is 6.07 Å². The fraction of sp³-hybridized carbons (Fsp3) is 0.407. The molecule has 0 spiro atoms. The molecular weight excluding hydrogens is 382 g/mol. The number of carbonyl (C=O) groups excluding carboxylic acids is 1. The van der Waals surface area contributed by atoms with E-state index in [2.05, 4.69) is 22.4 Å². The van der Waals surface area contributed by atoms with E-state index in [1.54, 1.807) is 6.08 Å². The highest BCUT2D eigenvalue weighted by atomic mass is 16.1. The summed E-state index contributed by atoms with van der Waals surface area (Å²) in [5, 5.41) is 12.5. The molecule has 0 radical (unpaired) electrons. The zero-order valence-electron chi connectivity index (χ0n) is 18.1. The zero-order chi connectivity index (χ0) is 21.5. The topological polar surface area (TPSA) is 56.1 Å². The standard InChI is InChI=1S/C27H31N3O/c28-19-23-7-4-8-24-20-30(18-16-26(23)24)17-15-22-9-12-25(13-10-22)29-27(31)14-11-21-5-2-1-3-6-21/h1-8,11,14,22,25H,9-10,12-13,15-18,20H2,(H,29,31)/b14-11+. The van der Waals surface area contributed by atoms with Gasteiger partial charge in [-0.3, -0.25) is 9.69 Å². The normalized spacial score (nSPS) is 21.4. The summed E-state index contributed by atoms with van der Waals surface area (Å²) in [6, 6.07) is 18.7. The first-order chi connectivity index (χ1) is 15.2. The highest BCUT2D eigenvalue weighted by molar-refractivity contribution is 5.91. The number of nitrogens with zero attached hydrogens (tertiary/aromatic N) is 2. The van der Waals surface area contributed by atoms with Crippen molar-refractivity contribution in [3.63, 3.8) is 0 Å². The zero-order valence-corrected chi connectivity index (χ0v) is 18.1. The predicted molar refractivity (Wildman–Crippen MR) is 124 cm³/mol. The molecule has 2 aliphatic rings. The maximum absolute atomic E-state index is 12.2. The van der Waals surface area contributed by atoms with Gasteiger partial charge in [0.2, 0.25) is 5.91 Å². The highest BCUT2D eigenvalue weighted by Crippen LogP contribution is 2.28. The summed E-state index contributed by atoms with van der Waals surface area (Å²) in [7, 11) is 0. The molecule has 1 amide bonds. The maximum Gasteiger partial charge on any atom is 0.244 e. The van der Waals surface area contributed by atoms with Crippen molar-refractivity contribution in [1.82, 2.24) is 10.2 Å². The second-order valence-corrected chi connectivity index (χ2v) is 8.84. The number of nitriles is 1. The number of hydrogen-bond acceptors (Lipinski definition) is 3. The number of fused-ring (bicyclic) bond motifs is 1. The van der Waals surface area contributed by atoms with Gasteiger partial charge in [0.05, 0.1) is 11.6 Å². The van der Waals surface area contributed by atoms with Crippen LogP contribution in [0.3, 0.4) is 0 Å². The van der Waals surface area contributed by atoms with E-state index in [4.69, 9.17) is 0 Å². The van der Waals surface area contributed by atoms with E-state index >= 15 is 0 Å².